The van der Waals surface area contributed by atoms with Crippen LogP contribution in [0.2, 0.25) is 0 Å². The number of unbranched alkanes of at least 4 members (excludes halogenated alkanes) is 16. The molecule has 0 aliphatic carbocycles. The van der Waals surface area contributed by atoms with Gasteiger partial charge in [0.1, 0.15) is 13.2 Å². The molecule has 1 atom stereocenters. The standard InChI is InChI=1S/C64H102O6/c1-4-7-10-13-16-19-22-25-28-30-32-34-36-39-42-45-48-51-54-57-63(66)69-60-61(59-68-62(65)56-53-50-47-44-41-38-27-24-21-18-15-12-9-6-3)70-64(67)58-55-52-49-46-43-40-37-35-33-31-29-26-23-20-17-14-11-8-5-2/h7-8,10-11,16-17,19-20,24-29,32-35,39-40,42-43,61H,4-6,9,12-15,18,21-23,30-31,36-38,41,44-60H2,1-3H3/b10-7-,11-8-,19-16-,20-17-,27-24-,28-25-,29-26-,34-32-,35-33-,42-39-,43-40-/t61-/m1/s1. The van der Waals surface area contributed by atoms with E-state index in [2.05, 4.69) is 154 Å². The zero-order chi connectivity index (χ0) is 50.7. The van der Waals surface area contributed by atoms with E-state index in [1.807, 2.05) is 0 Å². The molecule has 0 spiro atoms. The number of hydrogen-bond acceptors (Lipinski definition) is 6. The second-order valence-electron chi connectivity index (χ2n) is 18.1. The number of rotatable bonds is 49. The number of esters is 3. The van der Waals surface area contributed by atoms with E-state index in [1.165, 1.54) is 44.9 Å². The van der Waals surface area contributed by atoms with Crippen LogP contribution in [-0.2, 0) is 28.6 Å². The van der Waals surface area contributed by atoms with Gasteiger partial charge in [0.2, 0.25) is 0 Å². The quantitative estimate of drug-likeness (QED) is 0.0262. The molecular weight excluding hydrogens is 865 g/mol. The molecule has 6 heteroatoms. The molecule has 394 valence electrons. The molecule has 70 heavy (non-hydrogen) atoms. The highest BCUT2D eigenvalue weighted by molar-refractivity contribution is 5.71. The fraction of sp³-hybridized carbons (Fsp3) is 0.609. The van der Waals surface area contributed by atoms with Crippen molar-refractivity contribution in [3.63, 3.8) is 0 Å². The van der Waals surface area contributed by atoms with Crippen LogP contribution in [0.3, 0.4) is 0 Å². The summed E-state index contributed by atoms with van der Waals surface area (Å²) in [5, 5.41) is 0. The monoisotopic (exact) mass is 967 g/mol. The molecule has 0 aromatic rings. The van der Waals surface area contributed by atoms with Gasteiger partial charge in [0, 0.05) is 19.3 Å². The van der Waals surface area contributed by atoms with Crippen molar-refractivity contribution in [3.8, 4) is 0 Å². The predicted octanol–water partition coefficient (Wildman–Crippen LogP) is 19.0. The fourth-order valence-electron chi connectivity index (χ4n) is 7.19. The SMILES string of the molecule is CC/C=C\C/C=C\C/C=C\C/C=C\C/C=C\CCCCCC(=O)OC[C@@H](COC(=O)CCCCCCC/C=C\CCCCCCC)OC(=O)CCCCC/C=C\C/C=C\C/C=C\C/C=C\C/C=C\CC. The summed E-state index contributed by atoms with van der Waals surface area (Å²) in [6, 6.07) is 0. The molecule has 0 saturated carbocycles. The molecule has 0 heterocycles. The van der Waals surface area contributed by atoms with E-state index in [9.17, 15) is 14.4 Å². The lowest BCUT2D eigenvalue weighted by Crippen LogP contribution is -2.30. The Morgan fingerprint density at radius 1 is 0.300 bits per heavy atom. The molecule has 6 nitrogen and oxygen atoms in total. The van der Waals surface area contributed by atoms with Crippen LogP contribution in [0.1, 0.15) is 233 Å². The van der Waals surface area contributed by atoms with Gasteiger partial charge in [0.25, 0.3) is 0 Å². The molecule has 0 bridgehead atoms. The van der Waals surface area contributed by atoms with Gasteiger partial charge in [-0.05, 0) is 135 Å². The average Bonchev–Trinajstić information content (AvgIpc) is 3.36. The highest BCUT2D eigenvalue weighted by atomic mass is 16.6. The molecule has 0 aliphatic rings. The third kappa shape index (κ3) is 54.5. The van der Waals surface area contributed by atoms with Gasteiger partial charge in [-0.1, -0.05) is 212 Å². The second-order valence-corrected chi connectivity index (χ2v) is 18.1. The Balaban J connectivity index is 4.55. The summed E-state index contributed by atoms with van der Waals surface area (Å²) in [4.78, 5) is 38.1. The largest absolute Gasteiger partial charge is 0.462 e. The summed E-state index contributed by atoms with van der Waals surface area (Å²) >= 11 is 0. The molecule has 0 aromatic heterocycles. The zero-order valence-electron chi connectivity index (χ0n) is 45.0. The maximum atomic E-state index is 12.9. The van der Waals surface area contributed by atoms with E-state index in [0.29, 0.717) is 19.3 Å². The summed E-state index contributed by atoms with van der Waals surface area (Å²) in [6.07, 6.45) is 80.1. The lowest BCUT2D eigenvalue weighted by molar-refractivity contribution is -0.167. The summed E-state index contributed by atoms with van der Waals surface area (Å²) in [5.41, 5.74) is 0. The van der Waals surface area contributed by atoms with Crippen LogP contribution in [0, 0.1) is 0 Å². The van der Waals surface area contributed by atoms with Gasteiger partial charge < -0.3 is 14.2 Å². The summed E-state index contributed by atoms with van der Waals surface area (Å²) in [7, 11) is 0. The van der Waals surface area contributed by atoms with Crippen molar-refractivity contribution in [1.82, 2.24) is 0 Å². The van der Waals surface area contributed by atoms with Crippen molar-refractivity contribution in [2.24, 2.45) is 0 Å². The van der Waals surface area contributed by atoms with Crippen molar-refractivity contribution in [2.75, 3.05) is 13.2 Å². The van der Waals surface area contributed by atoms with Crippen LogP contribution in [0.5, 0.6) is 0 Å². The van der Waals surface area contributed by atoms with Crippen LogP contribution < -0.4 is 0 Å². The number of hydrogen-bond donors (Lipinski definition) is 0. The summed E-state index contributed by atoms with van der Waals surface area (Å²) in [5.74, 6) is -0.990. The Morgan fingerprint density at radius 3 is 0.900 bits per heavy atom. The first-order chi connectivity index (χ1) is 34.5. The minimum atomic E-state index is -0.818. The zero-order valence-corrected chi connectivity index (χ0v) is 45.0. The maximum absolute atomic E-state index is 12.9. The molecule has 0 N–H and O–H groups in total. The van der Waals surface area contributed by atoms with E-state index in [-0.39, 0.29) is 37.5 Å². The fourth-order valence-corrected chi connectivity index (χ4v) is 7.19. The lowest BCUT2D eigenvalue weighted by Gasteiger charge is -2.18. The number of carbonyl (C=O) groups is 3. The molecule has 0 amide bonds. The predicted molar refractivity (Wildman–Crippen MR) is 302 cm³/mol. The van der Waals surface area contributed by atoms with Crippen molar-refractivity contribution in [3.05, 3.63) is 134 Å². The second kappa shape index (κ2) is 57.1. The van der Waals surface area contributed by atoms with E-state index in [4.69, 9.17) is 14.2 Å². The molecule has 0 aliphatic heterocycles. The number of ether oxygens (including phenoxy) is 3. The van der Waals surface area contributed by atoms with Crippen molar-refractivity contribution in [1.29, 1.82) is 0 Å². The van der Waals surface area contributed by atoms with Crippen molar-refractivity contribution in [2.45, 2.75) is 239 Å². The number of carbonyl (C=O) groups excluding carboxylic acids is 3. The smallest absolute Gasteiger partial charge is 0.306 e. The number of allylic oxidation sites excluding steroid dienone is 22. The maximum Gasteiger partial charge on any atom is 0.306 e. The van der Waals surface area contributed by atoms with E-state index >= 15 is 0 Å². The average molecular weight is 968 g/mol. The highest BCUT2D eigenvalue weighted by Crippen LogP contribution is 2.13. The first-order valence-corrected chi connectivity index (χ1v) is 28.2. The van der Waals surface area contributed by atoms with Gasteiger partial charge in [-0.25, -0.2) is 0 Å². The Labute approximate surface area is 430 Å². The van der Waals surface area contributed by atoms with Crippen LogP contribution in [-0.4, -0.2) is 37.2 Å². The minimum absolute atomic E-state index is 0.111. The molecule has 0 rings (SSSR count). The third-order valence-electron chi connectivity index (χ3n) is 11.4. The highest BCUT2D eigenvalue weighted by Gasteiger charge is 2.19. The van der Waals surface area contributed by atoms with Crippen molar-refractivity contribution < 1.29 is 28.6 Å². The Bertz CT molecular complexity index is 1530. The normalized spacial score (nSPS) is 13.1. The first-order valence-electron chi connectivity index (χ1n) is 28.2. The molecule has 0 fully saturated rings. The Kier molecular flexibility index (Phi) is 53.5. The molecule has 0 unspecified atom stereocenters. The van der Waals surface area contributed by atoms with Crippen molar-refractivity contribution >= 4 is 17.9 Å². The van der Waals surface area contributed by atoms with Crippen LogP contribution in [0.25, 0.3) is 0 Å². The third-order valence-corrected chi connectivity index (χ3v) is 11.4. The molecular formula is C64H102O6. The van der Waals surface area contributed by atoms with Crippen LogP contribution in [0.4, 0.5) is 0 Å². The van der Waals surface area contributed by atoms with E-state index < -0.39 is 6.10 Å². The summed E-state index contributed by atoms with van der Waals surface area (Å²) in [6.45, 7) is 6.33. The topological polar surface area (TPSA) is 78.9 Å². The van der Waals surface area contributed by atoms with Crippen LogP contribution in [0.15, 0.2) is 134 Å². The molecule has 0 aromatic carbocycles. The minimum Gasteiger partial charge on any atom is -0.462 e. The van der Waals surface area contributed by atoms with Gasteiger partial charge in [-0.3, -0.25) is 14.4 Å². The Morgan fingerprint density at radius 2 is 0.557 bits per heavy atom. The Hall–Kier alpha value is -4.45. The van der Waals surface area contributed by atoms with Crippen LogP contribution >= 0.6 is 0 Å². The van der Waals surface area contributed by atoms with Gasteiger partial charge in [-0.15, -0.1) is 0 Å². The lowest BCUT2D eigenvalue weighted by atomic mass is 10.1. The summed E-state index contributed by atoms with van der Waals surface area (Å²) < 4.78 is 16.8. The molecule has 0 saturated heterocycles. The molecule has 0 radical (unpaired) electrons. The first kappa shape index (κ1) is 65.5. The van der Waals surface area contributed by atoms with Gasteiger partial charge >= 0.3 is 17.9 Å². The van der Waals surface area contributed by atoms with Gasteiger partial charge in [-0.2, -0.15) is 0 Å². The van der Waals surface area contributed by atoms with E-state index in [1.54, 1.807) is 0 Å². The van der Waals surface area contributed by atoms with Gasteiger partial charge in [0.15, 0.2) is 6.10 Å². The van der Waals surface area contributed by atoms with E-state index in [0.717, 1.165) is 141 Å². The van der Waals surface area contributed by atoms with Gasteiger partial charge in [0.05, 0.1) is 0 Å².